The van der Waals surface area contributed by atoms with E-state index in [1.807, 2.05) is 48.5 Å². The molecule has 23 heavy (non-hydrogen) atoms. The molecule has 2 rings (SSSR count). The van der Waals surface area contributed by atoms with Crippen molar-refractivity contribution in [1.29, 1.82) is 0 Å². The van der Waals surface area contributed by atoms with E-state index in [0.29, 0.717) is 18.7 Å². The molecule has 0 radical (unpaired) electrons. The maximum absolute atomic E-state index is 12.8. The van der Waals surface area contributed by atoms with Gasteiger partial charge in [0.15, 0.2) is 0 Å². The molecule has 2 aromatic carbocycles. The fraction of sp³-hybridized carbons (Fsp3) is 0.222. The predicted molar refractivity (Wildman–Crippen MR) is 92.0 cm³/mol. The van der Waals surface area contributed by atoms with Crippen LogP contribution in [0.15, 0.2) is 59.1 Å². The summed E-state index contributed by atoms with van der Waals surface area (Å²) >= 11 is 3.41. The minimum Gasteiger partial charge on any atom is -0.469 e. The maximum atomic E-state index is 12.8. The minimum atomic E-state index is -0.331. The first-order chi connectivity index (χ1) is 11.1. The molecule has 0 spiro atoms. The van der Waals surface area contributed by atoms with Gasteiger partial charge in [-0.25, -0.2) is 0 Å². The Labute approximate surface area is 144 Å². The lowest BCUT2D eigenvalue weighted by molar-refractivity contribution is -0.140. The van der Waals surface area contributed by atoms with Crippen molar-refractivity contribution in [2.75, 3.05) is 13.7 Å². The van der Waals surface area contributed by atoms with Gasteiger partial charge in [-0.2, -0.15) is 0 Å². The first-order valence-electron chi connectivity index (χ1n) is 7.26. The van der Waals surface area contributed by atoms with Gasteiger partial charge in [0.2, 0.25) is 0 Å². The Morgan fingerprint density at radius 3 is 2.35 bits per heavy atom. The van der Waals surface area contributed by atoms with Crippen LogP contribution in [-0.4, -0.2) is 30.4 Å². The van der Waals surface area contributed by atoms with E-state index in [2.05, 4.69) is 20.7 Å². The Balaban J connectivity index is 2.20. The molecule has 0 aliphatic carbocycles. The molecule has 0 atom stereocenters. The summed E-state index contributed by atoms with van der Waals surface area (Å²) < 4.78 is 5.41. The molecule has 0 bridgehead atoms. The molecule has 4 nitrogen and oxygen atoms in total. The number of methoxy groups -OCH3 is 1. The van der Waals surface area contributed by atoms with E-state index < -0.39 is 0 Å². The number of carbonyl (C=O) groups is 2. The highest BCUT2D eigenvalue weighted by Crippen LogP contribution is 2.19. The molecule has 0 aliphatic rings. The summed E-state index contributed by atoms with van der Waals surface area (Å²) in [5.41, 5.74) is 1.59. The molecule has 0 aromatic heterocycles. The lowest BCUT2D eigenvalue weighted by atomic mass is 10.1. The minimum absolute atomic E-state index is 0.120. The zero-order valence-corrected chi connectivity index (χ0v) is 14.5. The predicted octanol–water partition coefficient (Wildman–Crippen LogP) is 3.65. The van der Waals surface area contributed by atoms with E-state index in [0.717, 1.165) is 10.0 Å². The summed E-state index contributed by atoms with van der Waals surface area (Å²) in [5, 5.41) is 0. The molecule has 0 unspecified atom stereocenters. The second kappa shape index (κ2) is 8.48. The lowest BCUT2D eigenvalue weighted by Gasteiger charge is -2.23. The fourth-order valence-corrected chi connectivity index (χ4v) is 2.64. The van der Waals surface area contributed by atoms with Crippen molar-refractivity contribution >= 4 is 27.8 Å². The Bertz CT molecular complexity index is 673. The van der Waals surface area contributed by atoms with Crippen molar-refractivity contribution in [3.8, 4) is 0 Å². The number of ether oxygens (including phenoxy) is 1. The van der Waals surface area contributed by atoms with Crippen LogP contribution in [-0.2, 0) is 16.1 Å². The second-order valence-corrected chi connectivity index (χ2v) is 5.87. The Kier molecular flexibility index (Phi) is 6.35. The van der Waals surface area contributed by atoms with E-state index in [9.17, 15) is 9.59 Å². The van der Waals surface area contributed by atoms with Crippen molar-refractivity contribution in [3.63, 3.8) is 0 Å². The summed E-state index contributed by atoms with van der Waals surface area (Å²) in [5.74, 6) is -0.451. The van der Waals surface area contributed by atoms with E-state index in [1.165, 1.54) is 7.11 Å². The number of nitrogens with zero attached hydrogens (tertiary/aromatic N) is 1. The van der Waals surface area contributed by atoms with Crippen LogP contribution in [0.4, 0.5) is 0 Å². The van der Waals surface area contributed by atoms with Crippen molar-refractivity contribution < 1.29 is 14.3 Å². The largest absolute Gasteiger partial charge is 0.469 e. The van der Waals surface area contributed by atoms with E-state index >= 15 is 0 Å². The molecule has 0 heterocycles. The van der Waals surface area contributed by atoms with Crippen LogP contribution in [0.2, 0.25) is 0 Å². The smallest absolute Gasteiger partial charge is 0.307 e. The SMILES string of the molecule is COC(=O)CCN(Cc1ccccc1)C(=O)c1ccccc1Br. The van der Waals surface area contributed by atoms with Crippen molar-refractivity contribution in [2.45, 2.75) is 13.0 Å². The Morgan fingerprint density at radius 2 is 1.70 bits per heavy atom. The number of esters is 1. The van der Waals surface area contributed by atoms with Gasteiger partial charge in [-0.1, -0.05) is 42.5 Å². The number of hydrogen-bond acceptors (Lipinski definition) is 3. The number of benzene rings is 2. The molecule has 2 aromatic rings. The molecular weight excluding hydrogens is 358 g/mol. The molecule has 0 aliphatic heterocycles. The normalized spacial score (nSPS) is 10.2. The summed E-state index contributed by atoms with van der Waals surface area (Å²) in [7, 11) is 1.35. The Hall–Kier alpha value is -2.14. The Morgan fingerprint density at radius 1 is 1.04 bits per heavy atom. The second-order valence-electron chi connectivity index (χ2n) is 5.02. The number of hydrogen-bond donors (Lipinski definition) is 0. The topological polar surface area (TPSA) is 46.6 Å². The van der Waals surface area contributed by atoms with Crippen LogP contribution >= 0.6 is 15.9 Å². The molecular formula is C18H18BrNO3. The van der Waals surface area contributed by atoms with E-state index in [1.54, 1.807) is 11.0 Å². The molecule has 0 saturated carbocycles. The van der Waals surface area contributed by atoms with Gasteiger partial charge in [0.05, 0.1) is 19.1 Å². The highest BCUT2D eigenvalue weighted by molar-refractivity contribution is 9.10. The van der Waals surface area contributed by atoms with Crippen LogP contribution in [0.3, 0.4) is 0 Å². The maximum Gasteiger partial charge on any atom is 0.307 e. The van der Waals surface area contributed by atoms with Gasteiger partial charge in [0, 0.05) is 17.6 Å². The highest BCUT2D eigenvalue weighted by Gasteiger charge is 2.19. The van der Waals surface area contributed by atoms with E-state index in [4.69, 9.17) is 0 Å². The van der Waals surface area contributed by atoms with Gasteiger partial charge in [0.1, 0.15) is 0 Å². The summed E-state index contributed by atoms with van der Waals surface area (Å²) in [6, 6.07) is 17.0. The van der Waals surface area contributed by atoms with Crippen LogP contribution < -0.4 is 0 Å². The molecule has 120 valence electrons. The van der Waals surface area contributed by atoms with Crippen molar-refractivity contribution in [2.24, 2.45) is 0 Å². The monoisotopic (exact) mass is 375 g/mol. The van der Waals surface area contributed by atoms with Gasteiger partial charge >= 0.3 is 5.97 Å². The summed E-state index contributed by atoms with van der Waals surface area (Å²) in [4.78, 5) is 25.9. The highest BCUT2D eigenvalue weighted by atomic mass is 79.9. The van der Waals surface area contributed by atoms with Crippen LogP contribution in [0.1, 0.15) is 22.3 Å². The van der Waals surface area contributed by atoms with Gasteiger partial charge in [0.25, 0.3) is 5.91 Å². The quantitative estimate of drug-likeness (QED) is 0.723. The van der Waals surface area contributed by atoms with Gasteiger partial charge in [-0.3, -0.25) is 9.59 Å². The number of halogens is 1. The number of rotatable bonds is 6. The third-order valence-electron chi connectivity index (χ3n) is 3.42. The number of carbonyl (C=O) groups excluding carboxylic acids is 2. The third kappa shape index (κ3) is 4.93. The fourth-order valence-electron chi connectivity index (χ4n) is 2.19. The molecule has 1 amide bonds. The standard InChI is InChI=1S/C18H18BrNO3/c1-23-17(21)11-12-20(13-14-7-3-2-4-8-14)18(22)15-9-5-6-10-16(15)19/h2-10H,11-13H2,1H3. The van der Waals surface area contributed by atoms with Crippen molar-refractivity contribution in [1.82, 2.24) is 4.90 Å². The third-order valence-corrected chi connectivity index (χ3v) is 4.11. The first-order valence-corrected chi connectivity index (χ1v) is 8.05. The van der Waals surface area contributed by atoms with Gasteiger partial charge in [-0.05, 0) is 33.6 Å². The van der Waals surface area contributed by atoms with E-state index in [-0.39, 0.29) is 18.3 Å². The molecule has 0 N–H and O–H groups in total. The average Bonchev–Trinajstić information content (AvgIpc) is 2.59. The zero-order chi connectivity index (χ0) is 16.7. The zero-order valence-electron chi connectivity index (χ0n) is 12.9. The van der Waals surface area contributed by atoms with Gasteiger partial charge in [-0.15, -0.1) is 0 Å². The molecule has 5 heteroatoms. The first kappa shape index (κ1) is 17.2. The summed E-state index contributed by atoms with van der Waals surface area (Å²) in [6.07, 6.45) is 0.166. The van der Waals surface area contributed by atoms with Crippen LogP contribution in [0.5, 0.6) is 0 Å². The average molecular weight is 376 g/mol. The molecule has 0 saturated heterocycles. The number of amides is 1. The molecule has 0 fully saturated rings. The van der Waals surface area contributed by atoms with Crippen molar-refractivity contribution in [3.05, 3.63) is 70.2 Å². The van der Waals surface area contributed by atoms with Crippen LogP contribution in [0, 0.1) is 0 Å². The van der Waals surface area contributed by atoms with Crippen LogP contribution in [0.25, 0.3) is 0 Å². The summed E-state index contributed by atoms with van der Waals surface area (Å²) in [6.45, 7) is 0.750. The van der Waals surface area contributed by atoms with Gasteiger partial charge < -0.3 is 9.64 Å². The lowest BCUT2D eigenvalue weighted by Crippen LogP contribution is -2.33.